The van der Waals surface area contributed by atoms with E-state index in [0.29, 0.717) is 11.7 Å². The Bertz CT molecular complexity index is 967. The molecule has 6 nitrogen and oxygen atoms in total. The van der Waals surface area contributed by atoms with Gasteiger partial charge in [0.05, 0.1) is 18.3 Å². The lowest BCUT2D eigenvalue weighted by Gasteiger charge is -2.20. The maximum absolute atomic E-state index is 13.2. The molecule has 0 radical (unpaired) electrons. The summed E-state index contributed by atoms with van der Waals surface area (Å²) >= 11 is 1.36. The van der Waals surface area contributed by atoms with Gasteiger partial charge in [0.2, 0.25) is 11.8 Å². The van der Waals surface area contributed by atoms with Gasteiger partial charge >= 0.3 is 0 Å². The van der Waals surface area contributed by atoms with E-state index >= 15 is 0 Å². The van der Waals surface area contributed by atoms with Gasteiger partial charge in [0.15, 0.2) is 5.17 Å². The number of nitrogens with zero attached hydrogens (tertiary/aromatic N) is 2. The highest BCUT2D eigenvalue weighted by Crippen LogP contribution is 2.33. The SMILES string of the molecule is Cc1cccc(C)c1NC(=O)CC1SC(=Nc2ccccc2)N(CC2CCCO2)C1=O. The van der Waals surface area contributed by atoms with Crippen LogP contribution in [0.2, 0.25) is 0 Å². The standard InChI is InChI=1S/C24H27N3O3S/c1-16-8-6-9-17(2)22(16)26-21(28)14-20-23(29)27(15-19-12-7-13-30-19)24(31-20)25-18-10-4-3-5-11-18/h3-6,8-11,19-20H,7,12-15H2,1-2H3,(H,26,28). The number of aliphatic imine (C=N–C) groups is 1. The third-order valence-electron chi connectivity index (χ3n) is 5.53. The Morgan fingerprint density at radius 1 is 1.16 bits per heavy atom. The molecule has 31 heavy (non-hydrogen) atoms. The summed E-state index contributed by atoms with van der Waals surface area (Å²) in [5.74, 6) is -0.242. The summed E-state index contributed by atoms with van der Waals surface area (Å²) in [4.78, 5) is 32.4. The van der Waals surface area contributed by atoms with Crippen LogP contribution in [0, 0.1) is 13.8 Å². The highest BCUT2D eigenvalue weighted by atomic mass is 32.2. The molecule has 2 saturated heterocycles. The maximum Gasteiger partial charge on any atom is 0.242 e. The minimum Gasteiger partial charge on any atom is -0.376 e. The lowest BCUT2D eigenvalue weighted by molar-refractivity contribution is -0.129. The van der Waals surface area contributed by atoms with Gasteiger partial charge in [0, 0.05) is 18.7 Å². The molecule has 0 aromatic heterocycles. The molecule has 2 aromatic carbocycles. The first-order chi connectivity index (χ1) is 15.0. The van der Waals surface area contributed by atoms with Crippen molar-refractivity contribution in [1.82, 2.24) is 4.90 Å². The van der Waals surface area contributed by atoms with Gasteiger partial charge in [-0.05, 0) is 49.9 Å². The third-order valence-corrected chi connectivity index (χ3v) is 6.70. The number of para-hydroxylation sites is 2. The zero-order chi connectivity index (χ0) is 21.8. The highest BCUT2D eigenvalue weighted by molar-refractivity contribution is 8.15. The number of thioether (sulfide) groups is 1. The number of rotatable bonds is 6. The van der Waals surface area contributed by atoms with E-state index in [0.717, 1.165) is 42.0 Å². The van der Waals surface area contributed by atoms with Gasteiger partial charge in [0.25, 0.3) is 0 Å². The summed E-state index contributed by atoms with van der Waals surface area (Å²) in [6.45, 7) is 5.14. The minimum atomic E-state index is -0.492. The Balaban J connectivity index is 1.50. The van der Waals surface area contributed by atoms with E-state index in [9.17, 15) is 9.59 Å². The first-order valence-corrected chi connectivity index (χ1v) is 11.5. The Kier molecular flexibility index (Phi) is 6.73. The quantitative estimate of drug-likeness (QED) is 0.725. The molecule has 1 N–H and O–H groups in total. The maximum atomic E-state index is 13.2. The average molecular weight is 438 g/mol. The van der Waals surface area contributed by atoms with Gasteiger partial charge in [-0.25, -0.2) is 4.99 Å². The molecule has 2 amide bonds. The summed E-state index contributed by atoms with van der Waals surface area (Å²) in [6.07, 6.45) is 2.07. The van der Waals surface area contributed by atoms with Crippen molar-refractivity contribution < 1.29 is 14.3 Å². The first kappa shape index (κ1) is 21.6. The second-order valence-electron chi connectivity index (χ2n) is 7.94. The predicted octanol–water partition coefficient (Wildman–Crippen LogP) is 4.44. The van der Waals surface area contributed by atoms with Crippen LogP contribution in [0.15, 0.2) is 53.5 Å². The van der Waals surface area contributed by atoms with Crippen molar-refractivity contribution >= 4 is 40.1 Å². The highest BCUT2D eigenvalue weighted by Gasteiger charge is 2.40. The molecule has 2 aliphatic heterocycles. The molecule has 2 heterocycles. The molecule has 2 unspecified atom stereocenters. The fourth-order valence-electron chi connectivity index (χ4n) is 3.87. The van der Waals surface area contributed by atoms with Crippen LogP contribution in [-0.2, 0) is 14.3 Å². The van der Waals surface area contributed by atoms with E-state index < -0.39 is 5.25 Å². The number of amides is 2. The number of hydrogen-bond donors (Lipinski definition) is 1. The van der Waals surface area contributed by atoms with E-state index in [2.05, 4.69) is 5.32 Å². The van der Waals surface area contributed by atoms with Gasteiger partial charge in [0.1, 0.15) is 5.25 Å². The number of amidine groups is 1. The van der Waals surface area contributed by atoms with Gasteiger partial charge in [-0.15, -0.1) is 0 Å². The van der Waals surface area contributed by atoms with Gasteiger partial charge in [-0.2, -0.15) is 0 Å². The fourth-order valence-corrected chi connectivity index (χ4v) is 5.04. The molecular weight excluding hydrogens is 410 g/mol. The smallest absolute Gasteiger partial charge is 0.242 e. The summed E-state index contributed by atoms with van der Waals surface area (Å²) in [5.41, 5.74) is 3.61. The zero-order valence-electron chi connectivity index (χ0n) is 17.8. The van der Waals surface area contributed by atoms with Crippen molar-refractivity contribution in [1.29, 1.82) is 0 Å². The predicted molar refractivity (Wildman–Crippen MR) is 125 cm³/mol. The topological polar surface area (TPSA) is 71.0 Å². The Labute approximate surface area is 187 Å². The number of anilines is 1. The van der Waals surface area contributed by atoms with Crippen molar-refractivity contribution in [3.8, 4) is 0 Å². The van der Waals surface area contributed by atoms with E-state index in [1.807, 2.05) is 62.4 Å². The van der Waals surface area contributed by atoms with Crippen LogP contribution in [0.25, 0.3) is 0 Å². The van der Waals surface area contributed by atoms with E-state index in [-0.39, 0.29) is 24.3 Å². The number of carbonyl (C=O) groups excluding carboxylic acids is 2. The second-order valence-corrected chi connectivity index (χ2v) is 9.11. The van der Waals surface area contributed by atoms with E-state index in [4.69, 9.17) is 9.73 Å². The van der Waals surface area contributed by atoms with Gasteiger partial charge in [-0.1, -0.05) is 48.2 Å². The lowest BCUT2D eigenvalue weighted by atomic mass is 10.1. The number of benzene rings is 2. The van der Waals surface area contributed by atoms with Crippen LogP contribution in [0.4, 0.5) is 11.4 Å². The Morgan fingerprint density at radius 2 is 1.90 bits per heavy atom. The second kappa shape index (κ2) is 9.66. The number of ether oxygens (including phenoxy) is 1. The molecule has 0 spiro atoms. The van der Waals surface area contributed by atoms with Crippen LogP contribution in [0.1, 0.15) is 30.4 Å². The van der Waals surface area contributed by atoms with Crippen LogP contribution in [0.5, 0.6) is 0 Å². The summed E-state index contributed by atoms with van der Waals surface area (Å²) in [5, 5.41) is 3.13. The van der Waals surface area contributed by atoms with Gasteiger partial charge < -0.3 is 10.1 Å². The van der Waals surface area contributed by atoms with E-state index in [1.165, 1.54) is 11.8 Å². The van der Waals surface area contributed by atoms with Crippen molar-refractivity contribution in [2.24, 2.45) is 4.99 Å². The average Bonchev–Trinajstić information content (AvgIpc) is 3.36. The molecule has 2 fully saturated rings. The molecule has 0 saturated carbocycles. The molecule has 2 aromatic rings. The van der Waals surface area contributed by atoms with E-state index in [1.54, 1.807) is 4.90 Å². The zero-order valence-corrected chi connectivity index (χ0v) is 18.7. The summed E-state index contributed by atoms with van der Waals surface area (Å²) in [7, 11) is 0. The Hall–Kier alpha value is -2.64. The summed E-state index contributed by atoms with van der Waals surface area (Å²) < 4.78 is 5.75. The summed E-state index contributed by atoms with van der Waals surface area (Å²) in [6, 6.07) is 15.5. The van der Waals surface area contributed by atoms with Crippen molar-refractivity contribution in [3.05, 3.63) is 59.7 Å². The molecule has 0 bridgehead atoms. The normalized spacial score (nSPS) is 22.3. The number of nitrogens with one attached hydrogen (secondary N) is 1. The van der Waals surface area contributed by atoms with Gasteiger partial charge in [-0.3, -0.25) is 14.5 Å². The van der Waals surface area contributed by atoms with Crippen LogP contribution in [0.3, 0.4) is 0 Å². The van der Waals surface area contributed by atoms with Crippen molar-refractivity contribution in [2.75, 3.05) is 18.5 Å². The molecule has 4 rings (SSSR count). The van der Waals surface area contributed by atoms with Crippen LogP contribution >= 0.6 is 11.8 Å². The molecule has 0 aliphatic carbocycles. The van der Waals surface area contributed by atoms with Crippen molar-refractivity contribution in [3.63, 3.8) is 0 Å². The largest absolute Gasteiger partial charge is 0.376 e. The monoisotopic (exact) mass is 437 g/mol. The lowest BCUT2D eigenvalue weighted by Crippen LogP contribution is -2.38. The van der Waals surface area contributed by atoms with Crippen LogP contribution < -0.4 is 5.32 Å². The fraction of sp³-hybridized carbons (Fsp3) is 0.375. The Morgan fingerprint density at radius 3 is 2.58 bits per heavy atom. The third kappa shape index (κ3) is 5.17. The van der Waals surface area contributed by atoms with Crippen molar-refractivity contribution in [2.45, 2.75) is 44.5 Å². The first-order valence-electron chi connectivity index (χ1n) is 10.6. The molecule has 7 heteroatoms. The number of carbonyl (C=O) groups is 2. The molecule has 2 aliphatic rings. The van der Waals surface area contributed by atoms with Crippen LogP contribution in [-0.4, -0.2) is 46.4 Å². The number of aryl methyl sites for hydroxylation is 2. The molecule has 2 atom stereocenters. The minimum absolute atomic E-state index is 0.0210. The number of hydrogen-bond acceptors (Lipinski definition) is 5. The molecular formula is C24H27N3O3S. The molecule has 162 valence electrons.